The number of thiophene rings is 2. The molecule has 0 N–H and O–H groups in total. The third-order valence-corrected chi connectivity index (χ3v) is 15.4. The fourth-order valence-electron chi connectivity index (χ4n) is 11.1. The highest BCUT2D eigenvalue weighted by Gasteiger charge is 2.54. The van der Waals surface area contributed by atoms with E-state index in [4.69, 9.17) is 0 Å². The monoisotopic (exact) mass is 840 g/mol. The molecule has 0 bridgehead atoms. The predicted octanol–water partition coefficient (Wildman–Crippen LogP) is 16.3. The SMILES string of the molecule is c1ccc(N2c3ccccc3N(c3ccc(N4c5ccccc5C5(c6ccsc6-c6sccc65)c5c4ccc4c5c5ccccc5n4-c4ccccc4)cc3)c3ccccc32)cc1. The van der Waals surface area contributed by atoms with Crippen LogP contribution in [-0.2, 0) is 5.41 Å². The molecule has 0 fully saturated rings. The number of hydrogen-bond acceptors (Lipinski definition) is 5. The second-order valence-electron chi connectivity index (χ2n) is 16.5. The van der Waals surface area contributed by atoms with Gasteiger partial charge in [0.15, 0.2) is 0 Å². The van der Waals surface area contributed by atoms with E-state index in [1.807, 2.05) is 22.7 Å². The second kappa shape index (κ2) is 13.2. The van der Waals surface area contributed by atoms with Crippen LogP contribution in [0.15, 0.2) is 217 Å². The van der Waals surface area contributed by atoms with Crippen LogP contribution >= 0.6 is 22.7 Å². The fraction of sp³-hybridized carbons (Fsp3) is 0.0175. The highest BCUT2D eigenvalue weighted by Crippen LogP contribution is 2.67. The lowest BCUT2D eigenvalue weighted by Gasteiger charge is -2.45. The molecular weight excluding hydrogens is 805 g/mol. The number of para-hydroxylation sites is 8. The van der Waals surface area contributed by atoms with E-state index in [9.17, 15) is 0 Å². The molecule has 0 unspecified atom stereocenters. The number of anilines is 9. The van der Waals surface area contributed by atoms with Crippen molar-refractivity contribution >= 4 is 95.7 Å². The predicted molar refractivity (Wildman–Crippen MR) is 265 cm³/mol. The highest BCUT2D eigenvalue weighted by molar-refractivity contribution is 7.21. The molecule has 1 aliphatic carbocycles. The number of benzene rings is 8. The molecule has 6 heteroatoms. The lowest BCUT2D eigenvalue weighted by Crippen LogP contribution is -2.36. The average Bonchev–Trinajstić information content (AvgIpc) is 4.15. The summed E-state index contributed by atoms with van der Waals surface area (Å²) >= 11 is 3.75. The largest absolute Gasteiger partial charge is 0.310 e. The summed E-state index contributed by atoms with van der Waals surface area (Å²) in [5.74, 6) is 0. The molecule has 63 heavy (non-hydrogen) atoms. The summed E-state index contributed by atoms with van der Waals surface area (Å²) in [7, 11) is 0. The summed E-state index contributed by atoms with van der Waals surface area (Å²) < 4.78 is 2.46. The van der Waals surface area contributed by atoms with E-state index in [0.29, 0.717) is 0 Å². The van der Waals surface area contributed by atoms with Crippen molar-refractivity contribution in [1.29, 1.82) is 0 Å². The van der Waals surface area contributed by atoms with Gasteiger partial charge in [0.2, 0.25) is 0 Å². The van der Waals surface area contributed by atoms with Crippen molar-refractivity contribution in [2.24, 2.45) is 0 Å². The third kappa shape index (κ3) is 4.63. The first-order valence-electron chi connectivity index (χ1n) is 21.4. The summed E-state index contributed by atoms with van der Waals surface area (Å²) in [6.45, 7) is 0. The van der Waals surface area contributed by atoms with Gasteiger partial charge in [0.1, 0.15) is 0 Å². The molecule has 11 aromatic rings. The van der Waals surface area contributed by atoms with Crippen molar-refractivity contribution in [3.05, 3.63) is 239 Å². The van der Waals surface area contributed by atoms with Crippen LogP contribution in [0.1, 0.15) is 22.3 Å². The number of nitrogens with zero attached hydrogens (tertiary/aromatic N) is 4. The van der Waals surface area contributed by atoms with Gasteiger partial charge in [0.05, 0.1) is 50.6 Å². The van der Waals surface area contributed by atoms with Crippen LogP contribution in [0, 0.1) is 0 Å². The van der Waals surface area contributed by atoms with Crippen LogP contribution in [0.2, 0.25) is 0 Å². The van der Waals surface area contributed by atoms with Crippen LogP contribution in [0.25, 0.3) is 37.2 Å². The Hall–Kier alpha value is -7.64. The molecule has 14 rings (SSSR count). The molecule has 3 aromatic heterocycles. The Bertz CT molecular complexity index is 3510. The van der Waals surface area contributed by atoms with Gasteiger partial charge in [-0.25, -0.2) is 0 Å². The Kier molecular flexibility index (Phi) is 7.32. The van der Waals surface area contributed by atoms with E-state index in [2.05, 4.69) is 236 Å². The van der Waals surface area contributed by atoms with Crippen LogP contribution < -0.4 is 14.7 Å². The zero-order valence-electron chi connectivity index (χ0n) is 33.9. The van der Waals surface area contributed by atoms with Crippen LogP contribution in [-0.4, -0.2) is 4.57 Å². The quantitative estimate of drug-likeness (QED) is 0.175. The van der Waals surface area contributed by atoms with E-state index in [0.717, 1.165) is 45.5 Å². The molecular formula is C57H36N4S2. The van der Waals surface area contributed by atoms with Crippen molar-refractivity contribution < 1.29 is 0 Å². The first-order chi connectivity index (χ1) is 31.3. The maximum absolute atomic E-state index is 2.53. The van der Waals surface area contributed by atoms with Crippen molar-refractivity contribution in [3.8, 4) is 15.4 Å². The van der Waals surface area contributed by atoms with Crippen LogP contribution in [0.4, 0.5) is 51.2 Å². The zero-order valence-corrected chi connectivity index (χ0v) is 35.5. The van der Waals surface area contributed by atoms with Gasteiger partial charge in [-0.05, 0) is 137 Å². The second-order valence-corrected chi connectivity index (χ2v) is 18.3. The number of fused-ring (bicyclic) bond motifs is 15. The Balaban J connectivity index is 1.02. The van der Waals surface area contributed by atoms with Gasteiger partial charge in [-0.1, -0.05) is 97.1 Å². The van der Waals surface area contributed by atoms with Gasteiger partial charge in [0, 0.05) is 48.8 Å². The molecule has 8 aromatic carbocycles. The smallest absolute Gasteiger partial charge is 0.0778 e. The number of hydrogen-bond donors (Lipinski definition) is 0. The van der Waals surface area contributed by atoms with Gasteiger partial charge in [-0.15, -0.1) is 22.7 Å². The van der Waals surface area contributed by atoms with E-state index >= 15 is 0 Å². The Morgan fingerprint density at radius 2 is 0.778 bits per heavy atom. The van der Waals surface area contributed by atoms with Crippen LogP contribution in [0.5, 0.6) is 0 Å². The van der Waals surface area contributed by atoms with Gasteiger partial charge < -0.3 is 19.3 Å². The lowest BCUT2D eigenvalue weighted by molar-refractivity contribution is 0.764. The van der Waals surface area contributed by atoms with E-state index < -0.39 is 5.41 Å². The first-order valence-corrected chi connectivity index (χ1v) is 23.2. The van der Waals surface area contributed by atoms with Crippen molar-refractivity contribution in [2.45, 2.75) is 5.41 Å². The molecule has 0 atom stereocenters. The van der Waals surface area contributed by atoms with Crippen molar-refractivity contribution in [1.82, 2.24) is 4.57 Å². The molecule has 5 heterocycles. The standard InChI is InChI=1S/C57H36N4S2/c1-3-15-37(16-4-1)58-45-21-9-7-19-41(45)53-51(58)31-32-52-54(53)57(43-33-35-62-55(43)56-44(57)34-36-63-56)42-20-8-10-22-46(42)59(52)39-27-29-40(30-28-39)61-49-25-13-11-23-47(49)60(38-17-5-2-6-18-38)48-24-12-14-26-50(48)61/h1-36H. The van der Waals surface area contributed by atoms with Gasteiger partial charge in [-0.2, -0.15) is 0 Å². The molecule has 0 saturated heterocycles. The molecule has 0 amide bonds. The maximum atomic E-state index is 2.53. The summed E-state index contributed by atoms with van der Waals surface area (Å²) in [6.07, 6.45) is 0. The Morgan fingerprint density at radius 3 is 1.37 bits per heavy atom. The molecule has 0 radical (unpaired) electrons. The van der Waals surface area contributed by atoms with Crippen molar-refractivity contribution in [2.75, 3.05) is 14.7 Å². The maximum Gasteiger partial charge on any atom is 0.0778 e. The molecule has 0 saturated carbocycles. The minimum Gasteiger partial charge on any atom is -0.310 e. The van der Waals surface area contributed by atoms with E-state index in [-0.39, 0.29) is 0 Å². The van der Waals surface area contributed by atoms with E-state index in [1.165, 1.54) is 65.2 Å². The molecule has 3 aliphatic rings. The number of rotatable bonds is 4. The Labute approximate surface area is 373 Å². The highest BCUT2D eigenvalue weighted by atomic mass is 32.1. The number of aromatic nitrogens is 1. The first kappa shape index (κ1) is 35.0. The molecule has 1 spiro atoms. The van der Waals surface area contributed by atoms with E-state index in [1.54, 1.807) is 0 Å². The third-order valence-electron chi connectivity index (χ3n) is 13.4. The van der Waals surface area contributed by atoms with Crippen LogP contribution in [0.3, 0.4) is 0 Å². The fourth-order valence-corrected chi connectivity index (χ4v) is 13.2. The molecule has 296 valence electrons. The minimum absolute atomic E-state index is 0.510. The summed E-state index contributed by atoms with van der Waals surface area (Å²) in [4.78, 5) is 10.1. The molecule has 2 aliphatic heterocycles. The molecule has 4 nitrogen and oxygen atoms in total. The lowest BCUT2D eigenvalue weighted by atomic mass is 9.64. The average molecular weight is 841 g/mol. The summed E-state index contributed by atoms with van der Waals surface area (Å²) in [6, 6.07) is 76.0. The van der Waals surface area contributed by atoms with Gasteiger partial charge in [-0.3, -0.25) is 0 Å². The summed E-state index contributed by atoms with van der Waals surface area (Å²) in [5.41, 5.74) is 18.8. The zero-order chi connectivity index (χ0) is 41.2. The minimum atomic E-state index is -0.510. The topological polar surface area (TPSA) is 14.7 Å². The van der Waals surface area contributed by atoms with Gasteiger partial charge >= 0.3 is 0 Å². The van der Waals surface area contributed by atoms with Crippen molar-refractivity contribution in [3.63, 3.8) is 0 Å². The Morgan fingerprint density at radius 1 is 0.317 bits per heavy atom. The van der Waals surface area contributed by atoms with Gasteiger partial charge in [0.25, 0.3) is 0 Å². The summed E-state index contributed by atoms with van der Waals surface area (Å²) in [5, 5.41) is 7.15. The normalized spacial score (nSPS) is 14.1.